The van der Waals surface area contributed by atoms with Crippen molar-refractivity contribution in [2.75, 3.05) is 0 Å². The van der Waals surface area contributed by atoms with Gasteiger partial charge in [0.05, 0.1) is 16.1 Å². The van der Waals surface area contributed by atoms with Gasteiger partial charge in [-0.05, 0) is 53.6 Å². The third-order valence-electron chi connectivity index (χ3n) is 4.95. The van der Waals surface area contributed by atoms with Crippen molar-refractivity contribution in [3.8, 4) is 22.5 Å². The summed E-state index contributed by atoms with van der Waals surface area (Å²) in [5, 5.41) is 3.17. The Morgan fingerprint density at radius 3 is 2.19 bits per heavy atom. The summed E-state index contributed by atoms with van der Waals surface area (Å²) >= 11 is 7.89. The molecule has 5 aromatic rings. The highest BCUT2D eigenvalue weighted by Crippen LogP contribution is 2.46. The van der Waals surface area contributed by atoms with Crippen LogP contribution in [0.25, 0.3) is 42.7 Å². The molecule has 0 unspecified atom stereocenters. The maximum absolute atomic E-state index is 13.5. The number of benzene rings is 3. The number of thiophene rings is 1. The molecule has 27 heavy (non-hydrogen) atoms. The molecule has 132 valence electrons. The topological polar surface area (TPSA) is 4.93 Å². The minimum absolute atomic E-state index is 0.225. The molecule has 0 aliphatic carbocycles. The van der Waals surface area contributed by atoms with Crippen LogP contribution < -0.4 is 0 Å². The Bertz CT molecular complexity index is 1280. The fraction of sp³-hybridized carbons (Fsp3) is 0.0435. The van der Waals surface area contributed by atoms with E-state index in [-0.39, 0.29) is 5.82 Å². The first-order valence-electron chi connectivity index (χ1n) is 8.65. The third-order valence-corrected chi connectivity index (χ3v) is 6.38. The number of rotatable bonds is 2. The molecule has 4 heteroatoms. The Morgan fingerprint density at radius 2 is 1.44 bits per heavy atom. The van der Waals surface area contributed by atoms with Gasteiger partial charge in [0.2, 0.25) is 0 Å². The summed E-state index contributed by atoms with van der Waals surface area (Å²) in [5.74, 6) is -0.225. The second-order valence-electron chi connectivity index (χ2n) is 6.57. The van der Waals surface area contributed by atoms with Gasteiger partial charge in [-0.2, -0.15) is 0 Å². The Hall–Kier alpha value is -2.62. The summed E-state index contributed by atoms with van der Waals surface area (Å²) in [6, 6.07) is 23.1. The average molecular weight is 392 g/mol. The molecule has 0 saturated carbocycles. The van der Waals surface area contributed by atoms with Gasteiger partial charge in [0, 0.05) is 27.5 Å². The standard InChI is InChI=1S/C23H15ClFNS/c1-26-21(14-8-12-17(25)13-9-14)20-18-4-2-3-5-19(18)27-23(20)22(26)15-6-10-16(24)11-7-15/h2-13H,1H3. The van der Waals surface area contributed by atoms with E-state index in [0.717, 1.165) is 27.5 Å². The molecule has 0 saturated heterocycles. The molecule has 0 N–H and O–H groups in total. The van der Waals surface area contributed by atoms with Crippen LogP contribution in [0, 0.1) is 5.82 Å². The second-order valence-corrected chi connectivity index (χ2v) is 8.06. The molecule has 0 amide bonds. The highest BCUT2D eigenvalue weighted by Gasteiger charge is 2.21. The number of halogens is 2. The summed E-state index contributed by atoms with van der Waals surface area (Å²) in [6.07, 6.45) is 0. The number of aromatic nitrogens is 1. The summed E-state index contributed by atoms with van der Waals surface area (Å²) < 4.78 is 18.2. The molecule has 1 nitrogen and oxygen atoms in total. The number of fused-ring (bicyclic) bond motifs is 3. The van der Waals surface area contributed by atoms with Crippen molar-refractivity contribution in [2.45, 2.75) is 0 Å². The average Bonchev–Trinajstić information content (AvgIpc) is 3.17. The Labute approximate surface area is 165 Å². The Morgan fingerprint density at radius 1 is 0.815 bits per heavy atom. The Balaban J connectivity index is 1.92. The molecule has 0 fully saturated rings. The van der Waals surface area contributed by atoms with Crippen LogP contribution >= 0.6 is 22.9 Å². The van der Waals surface area contributed by atoms with Crippen molar-refractivity contribution in [1.82, 2.24) is 4.57 Å². The molecule has 2 heterocycles. The molecule has 0 radical (unpaired) electrons. The fourth-order valence-corrected chi connectivity index (χ4v) is 5.19. The molecule has 0 spiro atoms. The van der Waals surface area contributed by atoms with Gasteiger partial charge in [0.15, 0.2) is 0 Å². The molecule has 2 aromatic heterocycles. The summed E-state index contributed by atoms with van der Waals surface area (Å²) in [6.45, 7) is 0. The smallest absolute Gasteiger partial charge is 0.123 e. The first kappa shape index (κ1) is 16.5. The number of hydrogen-bond acceptors (Lipinski definition) is 1. The summed E-state index contributed by atoms with van der Waals surface area (Å²) in [7, 11) is 2.07. The van der Waals surface area contributed by atoms with Crippen molar-refractivity contribution >= 4 is 43.1 Å². The Kier molecular flexibility index (Phi) is 3.81. The van der Waals surface area contributed by atoms with E-state index in [1.165, 1.54) is 32.3 Å². The molecule has 5 rings (SSSR count). The third kappa shape index (κ3) is 2.58. The largest absolute Gasteiger partial charge is 0.342 e. The van der Waals surface area contributed by atoms with Crippen LogP contribution in [0.3, 0.4) is 0 Å². The van der Waals surface area contributed by atoms with Crippen LogP contribution in [0.4, 0.5) is 4.39 Å². The summed E-state index contributed by atoms with van der Waals surface area (Å²) in [4.78, 5) is 0. The van der Waals surface area contributed by atoms with Crippen LogP contribution in [0.1, 0.15) is 0 Å². The van der Waals surface area contributed by atoms with E-state index < -0.39 is 0 Å². The SMILES string of the molecule is Cn1c(-c2ccc(Cl)cc2)c2sc3ccccc3c2c1-c1ccc(F)cc1. The first-order chi connectivity index (χ1) is 13.1. The van der Waals surface area contributed by atoms with Crippen LogP contribution in [0.5, 0.6) is 0 Å². The normalized spacial score (nSPS) is 11.5. The van der Waals surface area contributed by atoms with Gasteiger partial charge in [-0.3, -0.25) is 0 Å². The van der Waals surface area contributed by atoms with E-state index in [0.29, 0.717) is 0 Å². The van der Waals surface area contributed by atoms with Gasteiger partial charge >= 0.3 is 0 Å². The van der Waals surface area contributed by atoms with Crippen molar-refractivity contribution < 1.29 is 4.39 Å². The maximum atomic E-state index is 13.5. The zero-order chi connectivity index (χ0) is 18.5. The molecule has 0 atom stereocenters. The second kappa shape index (κ2) is 6.22. The van der Waals surface area contributed by atoms with Gasteiger partial charge in [-0.1, -0.05) is 41.9 Å². The first-order valence-corrected chi connectivity index (χ1v) is 9.85. The number of hydrogen-bond donors (Lipinski definition) is 0. The van der Waals surface area contributed by atoms with Gasteiger partial charge < -0.3 is 4.57 Å². The monoisotopic (exact) mass is 391 g/mol. The van der Waals surface area contributed by atoms with Crippen molar-refractivity contribution in [3.63, 3.8) is 0 Å². The predicted octanol–water partition coefficient (Wildman–Crippen LogP) is 7.52. The molecule has 3 aromatic carbocycles. The highest BCUT2D eigenvalue weighted by molar-refractivity contribution is 7.26. The lowest BCUT2D eigenvalue weighted by Gasteiger charge is -2.09. The zero-order valence-corrected chi connectivity index (χ0v) is 16.1. The van der Waals surface area contributed by atoms with Crippen LogP contribution in [0.2, 0.25) is 5.02 Å². The quantitative estimate of drug-likeness (QED) is 0.293. The summed E-state index contributed by atoms with van der Waals surface area (Å²) in [5.41, 5.74) is 4.38. The van der Waals surface area contributed by atoms with Gasteiger partial charge in [-0.15, -0.1) is 11.3 Å². The van der Waals surface area contributed by atoms with E-state index in [2.05, 4.69) is 48.0 Å². The molecular formula is C23H15ClFNS. The van der Waals surface area contributed by atoms with E-state index in [1.807, 2.05) is 24.3 Å². The van der Waals surface area contributed by atoms with E-state index in [9.17, 15) is 4.39 Å². The van der Waals surface area contributed by atoms with Gasteiger partial charge in [-0.25, -0.2) is 4.39 Å². The van der Waals surface area contributed by atoms with Crippen LogP contribution in [0.15, 0.2) is 72.8 Å². The maximum Gasteiger partial charge on any atom is 0.123 e. The van der Waals surface area contributed by atoms with Crippen LogP contribution in [-0.4, -0.2) is 4.57 Å². The van der Waals surface area contributed by atoms with Crippen LogP contribution in [-0.2, 0) is 7.05 Å². The van der Waals surface area contributed by atoms with Crippen molar-refractivity contribution in [1.29, 1.82) is 0 Å². The molecule has 0 aliphatic rings. The van der Waals surface area contributed by atoms with Gasteiger partial charge in [0.1, 0.15) is 5.82 Å². The van der Waals surface area contributed by atoms with E-state index in [4.69, 9.17) is 11.6 Å². The minimum atomic E-state index is -0.225. The molecule has 0 bridgehead atoms. The molecule has 0 aliphatic heterocycles. The number of nitrogens with zero attached hydrogens (tertiary/aromatic N) is 1. The predicted molar refractivity (Wildman–Crippen MR) is 114 cm³/mol. The highest BCUT2D eigenvalue weighted by atomic mass is 35.5. The van der Waals surface area contributed by atoms with E-state index >= 15 is 0 Å². The lowest BCUT2D eigenvalue weighted by molar-refractivity contribution is 0.628. The zero-order valence-electron chi connectivity index (χ0n) is 14.5. The van der Waals surface area contributed by atoms with Crippen molar-refractivity contribution in [3.05, 3.63) is 83.6 Å². The lowest BCUT2D eigenvalue weighted by atomic mass is 10.1. The van der Waals surface area contributed by atoms with Gasteiger partial charge in [0.25, 0.3) is 0 Å². The minimum Gasteiger partial charge on any atom is -0.342 e. The van der Waals surface area contributed by atoms with E-state index in [1.54, 1.807) is 11.3 Å². The van der Waals surface area contributed by atoms with Crippen molar-refractivity contribution in [2.24, 2.45) is 7.05 Å². The molecular weight excluding hydrogens is 377 g/mol. The fourth-order valence-electron chi connectivity index (χ4n) is 3.76. The lowest BCUT2D eigenvalue weighted by Crippen LogP contribution is -1.95.